The summed E-state index contributed by atoms with van der Waals surface area (Å²) in [6.07, 6.45) is 4.49. The van der Waals surface area contributed by atoms with Crippen LogP contribution < -0.4 is 14.8 Å². The first kappa shape index (κ1) is 19.6. The molecule has 25 heavy (non-hydrogen) atoms. The third-order valence-electron chi connectivity index (χ3n) is 4.66. The quantitative estimate of drug-likeness (QED) is 0.798. The normalized spacial score (nSPS) is 16.8. The van der Waals surface area contributed by atoms with Crippen LogP contribution in [0, 0.1) is 5.92 Å². The van der Waals surface area contributed by atoms with E-state index in [4.69, 9.17) is 9.47 Å². The molecule has 0 aromatic heterocycles. The van der Waals surface area contributed by atoms with Crippen LogP contribution in [0.4, 0.5) is 0 Å². The van der Waals surface area contributed by atoms with E-state index in [1.807, 2.05) is 12.1 Å². The third kappa shape index (κ3) is 5.94. The molecule has 1 aliphatic heterocycles. The van der Waals surface area contributed by atoms with E-state index in [0.717, 1.165) is 44.0 Å². The van der Waals surface area contributed by atoms with E-state index in [9.17, 15) is 0 Å². The smallest absolute Gasteiger partial charge is 0.122 e. The molecule has 1 unspecified atom stereocenters. The molecule has 1 heterocycles. The molecule has 0 radical (unpaired) electrons. The van der Waals surface area contributed by atoms with Gasteiger partial charge in [0, 0.05) is 12.5 Å². The van der Waals surface area contributed by atoms with Gasteiger partial charge in [0.1, 0.15) is 11.5 Å². The van der Waals surface area contributed by atoms with Gasteiger partial charge in [0.25, 0.3) is 0 Å². The van der Waals surface area contributed by atoms with Crippen LogP contribution in [0.25, 0.3) is 0 Å². The summed E-state index contributed by atoms with van der Waals surface area (Å²) in [6, 6.07) is 16.7. The lowest BCUT2D eigenvalue weighted by Crippen LogP contribution is -2.33. The molecule has 3 nitrogen and oxygen atoms in total. The maximum absolute atomic E-state index is 6.15. The van der Waals surface area contributed by atoms with Gasteiger partial charge in [-0.2, -0.15) is 0 Å². The molecule has 0 saturated carbocycles. The second kappa shape index (κ2) is 10.3. The molecule has 2 aromatic rings. The fourth-order valence-electron chi connectivity index (χ4n) is 3.23. The first-order valence-electron chi connectivity index (χ1n) is 8.89. The Bertz CT molecular complexity index is 641. The fraction of sp³-hybridized carbons (Fsp3) is 0.429. The van der Waals surface area contributed by atoms with Crippen LogP contribution in [0.2, 0.25) is 0 Å². The molecule has 3 rings (SSSR count). The zero-order valence-corrected chi connectivity index (χ0v) is 15.7. The van der Waals surface area contributed by atoms with E-state index < -0.39 is 0 Å². The van der Waals surface area contributed by atoms with Gasteiger partial charge in [-0.1, -0.05) is 30.3 Å². The van der Waals surface area contributed by atoms with E-state index in [1.165, 1.54) is 24.0 Å². The van der Waals surface area contributed by atoms with Crippen LogP contribution in [0.3, 0.4) is 0 Å². The summed E-state index contributed by atoms with van der Waals surface area (Å²) < 4.78 is 11.5. The number of ether oxygens (including phenoxy) is 2. The van der Waals surface area contributed by atoms with Crippen molar-refractivity contribution in [3.8, 4) is 11.5 Å². The zero-order chi connectivity index (χ0) is 16.6. The lowest BCUT2D eigenvalue weighted by molar-refractivity contribution is 0.217. The molecule has 136 valence electrons. The fourth-order valence-corrected chi connectivity index (χ4v) is 3.23. The van der Waals surface area contributed by atoms with Crippen LogP contribution in [0.15, 0.2) is 48.5 Å². The Balaban J connectivity index is 0.00000225. The first-order valence-corrected chi connectivity index (χ1v) is 8.89. The topological polar surface area (TPSA) is 30.5 Å². The van der Waals surface area contributed by atoms with Crippen molar-refractivity contribution in [3.63, 3.8) is 0 Å². The number of benzene rings is 2. The summed E-state index contributed by atoms with van der Waals surface area (Å²) >= 11 is 0. The Morgan fingerprint density at radius 2 is 1.96 bits per heavy atom. The van der Waals surface area contributed by atoms with Crippen molar-refractivity contribution >= 4 is 12.4 Å². The summed E-state index contributed by atoms with van der Waals surface area (Å²) in [5.41, 5.74) is 2.57. The number of aryl methyl sites for hydroxylation is 2. The van der Waals surface area contributed by atoms with Crippen molar-refractivity contribution in [1.82, 2.24) is 5.32 Å². The molecule has 1 fully saturated rings. The van der Waals surface area contributed by atoms with E-state index in [-0.39, 0.29) is 12.4 Å². The van der Waals surface area contributed by atoms with Gasteiger partial charge in [0.05, 0.1) is 13.7 Å². The second-order valence-electron chi connectivity index (χ2n) is 6.48. The van der Waals surface area contributed by atoms with Gasteiger partial charge in [0.2, 0.25) is 0 Å². The summed E-state index contributed by atoms with van der Waals surface area (Å²) in [6.45, 7) is 3.03. The van der Waals surface area contributed by atoms with Crippen LogP contribution in [0.5, 0.6) is 11.5 Å². The third-order valence-corrected chi connectivity index (χ3v) is 4.66. The van der Waals surface area contributed by atoms with Crippen molar-refractivity contribution in [3.05, 3.63) is 59.7 Å². The Morgan fingerprint density at radius 3 is 2.76 bits per heavy atom. The number of methoxy groups -OCH3 is 1. The Kier molecular flexibility index (Phi) is 8.10. The zero-order valence-electron chi connectivity index (χ0n) is 14.9. The first-order chi connectivity index (χ1) is 11.8. The van der Waals surface area contributed by atoms with E-state index >= 15 is 0 Å². The number of hydrogen-bond donors (Lipinski definition) is 1. The number of hydrogen-bond acceptors (Lipinski definition) is 3. The Labute approximate surface area is 157 Å². The average molecular weight is 362 g/mol. The molecule has 0 bridgehead atoms. The van der Waals surface area contributed by atoms with Crippen molar-refractivity contribution in [1.29, 1.82) is 0 Å². The molecular weight excluding hydrogens is 334 g/mol. The molecule has 2 aromatic carbocycles. The molecule has 4 heteroatoms. The molecule has 1 saturated heterocycles. The standard InChI is InChI=1S/C21H27NO2.ClH/c1-23-20-9-4-6-17(14-20)11-12-19-8-2-3-10-21(19)24-16-18-7-5-13-22-15-18;/h2-4,6,8-10,14,18,22H,5,7,11-13,15-16H2,1H3;1H. The summed E-state index contributed by atoms with van der Waals surface area (Å²) in [5.74, 6) is 2.58. The predicted octanol–water partition coefficient (Wildman–Crippen LogP) is 4.28. The Morgan fingerprint density at radius 1 is 1.08 bits per heavy atom. The molecule has 0 spiro atoms. The van der Waals surface area contributed by atoms with Gasteiger partial charge < -0.3 is 14.8 Å². The maximum Gasteiger partial charge on any atom is 0.122 e. The lowest BCUT2D eigenvalue weighted by atomic mass is 10.0. The number of rotatable bonds is 7. The molecule has 1 N–H and O–H groups in total. The number of halogens is 1. The maximum atomic E-state index is 6.15. The Hall–Kier alpha value is -1.71. The minimum Gasteiger partial charge on any atom is -0.497 e. The number of piperidine rings is 1. The highest BCUT2D eigenvalue weighted by Gasteiger charge is 2.14. The van der Waals surface area contributed by atoms with Crippen molar-refractivity contribution in [2.24, 2.45) is 5.92 Å². The predicted molar refractivity (Wildman–Crippen MR) is 105 cm³/mol. The number of nitrogens with one attached hydrogen (secondary N) is 1. The summed E-state index contributed by atoms with van der Waals surface area (Å²) in [4.78, 5) is 0. The van der Waals surface area contributed by atoms with E-state index in [0.29, 0.717) is 5.92 Å². The van der Waals surface area contributed by atoms with E-state index in [2.05, 4.69) is 41.7 Å². The molecule has 0 amide bonds. The lowest BCUT2D eigenvalue weighted by Gasteiger charge is -2.23. The molecule has 1 aliphatic rings. The number of para-hydroxylation sites is 1. The minimum atomic E-state index is 0. The second-order valence-corrected chi connectivity index (χ2v) is 6.48. The van der Waals surface area contributed by atoms with Crippen molar-refractivity contribution in [2.45, 2.75) is 25.7 Å². The highest BCUT2D eigenvalue weighted by Crippen LogP contribution is 2.22. The van der Waals surface area contributed by atoms with Gasteiger partial charge in [-0.15, -0.1) is 12.4 Å². The highest BCUT2D eigenvalue weighted by molar-refractivity contribution is 5.85. The molecule has 0 aliphatic carbocycles. The molecular formula is C21H28ClNO2. The van der Waals surface area contributed by atoms with Gasteiger partial charge >= 0.3 is 0 Å². The van der Waals surface area contributed by atoms with Gasteiger partial charge in [0.15, 0.2) is 0 Å². The van der Waals surface area contributed by atoms with Gasteiger partial charge in [-0.25, -0.2) is 0 Å². The van der Waals surface area contributed by atoms with Gasteiger partial charge in [-0.05, 0) is 61.6 Å². The average Bonchev–Trinajstić information content (AvgIpc) is 2.66. The summed E-state index contributed by atoms with van der Waals surface area (Å²) in [5, 5.41) is 3.45. The van der Waals surface area contributed by atoms with Crippen LogP contribution in [-0.4, -0.2) is 26.8 Å². The molecule has 1 atom stereocenters. The largest absolute Gasteiger partial charge is 0.497 e. The summed E-state index contributed by atoms with van der Waals surface area (Å²) in [7, 11) is 1.71. The van der Waals surface area contributed by atoms with Crippen LogP contribution in [-0.2, 0) is 12.8 Å². The van der Waals surface area contributed by atoms with Gasteiger partial charge in [-0.3, -0.25) is 0 Å². The monoisotopic (exact) mass is 361 g/mol. The van der Waals surface area contributed by atoms with E-state index in [1.54, 1.807) is 7.11 Å². The van der Waals surface area contributed by atoms with Crippen LogP contribution in [0.1, 0.15) is 24.0 Å². The van der Waals surface area contributed by atoms with Crippen molar-refractivity contribution in [2.75, 3.05) is 26.8 Å². The van der Waals surface area contributed by atoms with Crippen molar-refractivity contribution < 1.29 is 9.47 Å². The minimum absolute atomic E-state index is 0. The highest BCUT2D eigenvalue weighted by atomic mass is 35.5. The van der Waals surface area contributed by atoms with Crippen LogP contribution >= 0.6 is 12.4 Å². The SMILES string of the molecule is COc1cccc(CCc2ccccc2OCC2CCCNC2)c1.Cl.